The summed E-state index contributed by atoms with van der Waals surface area (Å²) in [6, 6.07) is 4.03. The van der Waals surface area contributed by atoms with Crippen LogP contribution in [0, 0.1) is 5.82 Å². The number of ether oxygens (including phenoxy) is 1. The van der Waals surface area contributed by atoms with Crippen molar-refractivity contribution < 1.29 is 9.13 Å². The largest absolute Gasteiger partial charge is 0.485 e. The fourth-order valence-electron chi connectivity index (χ4n) is 1.93. The molecule has 0 aliphatic heterocycles. The van der Waals surface area contributed by atoms with Crippen LogP contribution >= 0.6 is 11.6 Å². The first-order valence-electron chi connectivity index (χ1n) is 6.48. The number of anilines is 1. The van der Waals surface area contributed by atoms with Gasteiger partial charge in [-0.2, -0.15) is 5.10 Å². The number of halogens is 2. The number of nitrogens with two attached hydrogens (primary N) is 1. The average Bonchev–Trinajstić information content (AvgIpc) is 2.75. The first kappa shape index (κ1) is 14.7. The number of rotatable bonds is 5. The molecule has 0 fully saturated rings. The summed E-state index contributed by atoms with van der Waals surface area (Å²) < 4.78 is 20.5. The van der Waals surface area contributed by atoms with Crippen LogP contribution in [0.15, 0.2) is 18.2 Å². The number of aryl methyl sites for hydroxylation is 2. The van der Waals surface area contributed by atoms with Gasteiger partial charge in [0.05, 0.1) is 22.1 Å². The standard InChI is InChI=1S/C14H17ClFN3O/c1-3-11-14(15)12(19(4-2)18-11)8-20-13-7-9(16)5-6-10(13)17/h5-7H,3-4,8,17H2,1-2H3. The minimum absolute atomic E-state index is 0.202. The zero-order valence-electron chi connectivity index (χ0n) is 11.5. The molecule has 0 aliphatic carbocycles. The van der Waals surface area contributed by atoms with Crippen molar-refractivity contribution in [3.63, 3.8) is 0 Å². The lowest BCUT2D eigenvalue weighted by Gasteiger charge is -2.10. The molecule has 0 saturated heterocycles. The molecule has 20 heavy (non-hydrogen) atoms. The lowest BCUT2D eigenvalue weighted by Crippen LogP contribution is -2.07. The maximum atomic E-state index is 13.2. The molecule has 1 heterocycles. The van der Waals surface area contributed by atoms with Gasteiger partial charge in [0.15, 0.2) is 0 Å². The SMILES string of the molecule is CCc1nn(CC)c(COc2cc(F)ccc2N)c1Cl. The molecule has 108 valence electrons. The Morgan fingerprint density at radius 3 is 2.80 bits per heavy atom. The summed E-state index contributed by atoms with van der Waals surface area (Å²) in [6.45, 7) is 4.86. The Labute approximate surface area is 122 Å². The number of hydrogen-bond acceptors (Lipinski definition) is 3. The normalized spacial score (nSPS) is 10.8. The summed E-state index contributed by atoms with van der Waals surface area (Å²) in [5, 5.41) is 5.00. The summed E-state index contributed by atoms with van der Waals surface area (Å²) in [7, 11) is 0. The van der Waals surface area contributed by atoms with Crippen molar-refractivity contribution in [2.45, 2.75) is 33.4 Å². The summed E-state index contributed by atoms with van der Waals surface area (Å²) in [5.41, 5.74) is 7.74. The smallest absolute Gasteiger partial charge is 0.145 e. The second-order valence-electron chi connectivity index (χ2n) is 4.35. The molecule has 2 aromatic rings. The minimum atomic E-state index is -0.390. The second-order valence-corrected chi connectivity index (χ2v) is 4.73. The molecule has 0 atom stereocenters. The van der Waals surface area contributed by atoms with Crippen molar-refractivity contribution in [3.8, 4) is 5.75 Å². The Hall–Kier alpha value is -1.75. The van der Waals surface area contributed by atoms with E-state index in [0.717, 1.165) is 17.8 Å². The molecule has 6 heteroatoms. The number of nitrogens with zero attached hydrogens (tertiary/aromatic N) is 2. The minimum Gasteiger partial charge on any atom is -0.485 e. The highest BCUT2D eigenvalue weighted by molar-refractivity contribution is 6.31. The van der Waals surface area contributed by atoms with Crippen molar-refractivity contribution in [2.75, 3.05) is 5.73 Å². The van der Waals surface area contributed by atoms with Gasteiger partial charge in [-0.25, -0.2) is 4.39 Å². The Kier molecular flexibility index (Phi) is 4.49. The van der Waals surface area contributed by atoms with Gasteiger partial charge in [-0.3, -0.25) is 4.68 Å². The van der Waals surface area contributed by atoms with Gasteiger partial charge in [-0.05, 0) is 25.5 Å². The number of benzene rings is 1. The monoisotopic (exact) mass is 297 g/mol. The van der Waals surface area contributed by atoms with Crippen LogP contribution in [-0.4, -0.2) is 9.78 Å². The fourth-order valence-corrected chi connectivity index (χ4v) is 2.26. The van der Waals surface area contributed by atoms with Gasteiger partial charge in [0.1, 0.15) is 18.2 Å². The molecule has 2 rings (SSSR count). The molecule has 2 N–H and O–H groups in total. The van der Waals surface area contributed by atoms with Gasteiger partial charge in [-0.1, -0.05) is 18.5 Å². The summed E-state index contributed by atoms with van der Waals surface area (Å²) in [5.74, 6) is -0.0819. The predicted octanol–water partition coefficient (Wildman–Crippen LogP) is 3.42. The number of aromatic nitrogens is 2. The molecule has 0 aliphatic rings. The van der Waals surface area contributed by atoms with Crippen molar-refractivity contribution in [1.82, 2.24) is 9.78 Å². The van der Waals surface area contributed by atoms with Gasteiger partial charge >= 0.3 is 0 Å². The van der Waals surface area contributed by atoms with Gasteiger partial charge in [0, 0.05) is 12.6 Å². The summed E-state index contributed by atoms with van der Waals surface area (Å²) in [4.78, 5) is 0. The molecule has 0 radical (unpaired) electrons. The Balaban J connectivity index is 2.22. The molecule has 0 bridgehead atoms. The second kappa shape index (κ2) is 6.13. The highest BCUT2D eigenvalue weighted by atomic mass is 35.5. The summed E-state index contributed by atoms with van der Waals surface area (Å²) in [6.07, 6.45) is 0.751. The van der Waals surface area contributed by atoms with Gasteiger partial charge < -0.3 is 10.5 Å². The molecule has 1 aromatic carbocycles. The Bertz CT molecular complexity index is 613. The lowest BCUT2D eigenvalue weighted by atomic mass is 10.3. The van der Waals surface area contributed by atoms with Crippen LogP contribution in [-0.2, 0) is 19.6 Å². The average molecular weight is 298 g/mol. The van der Waals surface area contributed by atoms with Crippen LogP contribution < -0.4 is 10.5 Å². The van der Waals surface area contributed by atoms with Crippen LogP contribution in [0.2, 0.25) is 5.02 Å². The molecule has 1 aromatic heterocycles. The van der Waals surface area contributed by atoms with E-state index in [4.69, 9.17) is 22.1 Å². The number of hydrogen-bond donors (Lipinski definition) is 1. The topological polar surface area (TPSA) is 53.1 Å². The van der Waals surface area contributed by atoms with Gasteiger partial charge in [0.2, 0.25) is 0 Å². The Morgan fingerprint density at radius 2 is 2.15 bits per heavy atom. The maximum absolute atomic E-state index is 13.2. The molecule has 4 nitrogen and oxygen atoms in total. The molecule has 0 amide bonds. The van der Waals surface area contributed by atoms with Crippen molar-refractivity contribution in [1.29, 1.82) is 0 Å². The molecule has 0 spiro atoms. The Morgan fingerprint density at radius 1 is 1.40 bits per heavy atom. The van der Waals surface area contributed by atoms with Crippen LogP contribution in [0.1, 0.15) is 25.2 Å². The van der Waals surface area contributed by atoms with Gasteiger partial charge in [-0.15, -0.1) is 0 Å². The third-order valence-corrected chi connectivity index (χ3v) is 3.47. The zero-order chi connectivity index (χ0) is 14.7. The van der Waals surface area contributed by atoms with E-state index < -0.39 is 5.82 Å². The third kappa shape index (κ3) is 2.88. The van der Waals surface area contributed by atoms with E-state index in [-0.39, 0.29) is 6.61 Å². The summed E-state index contributed by atoms with van der Waals surface area (Å²) >= 11 is 6.28. The maximum Gasteiger partial charge on any atom is 0.145 e. The lowest BCUT2D eigenvalue weighted by molar-refractivity contribution is 0.293. The molecule has 0 unspecified atom stereocenters. The van der Waals surface area contributed by atoms with Crippen molar-refractivity contribution >= 4 is 17.3 Å². The van der Waals surface area contributed by atoms with E-state index in [2.05, 4.69) is 5.10 Å². The van der Waals surface area contributed by atoms with Gasteiger partial charge in [0.25, 0.3) is 0 Å². The molecule has 0 saturated carbocycles. The number of nitrogen functional groups attached to an aromatic ring is 1. The highest BCUT2D eigenvalue weighted by Gasteiger charge is 2.15. The molecular weight excluding hydrogens is 281 g/mol. The first-order chi connectivity index (χ1) is 9.56. The van der Waals surface area contributed by atoms with Crippen LogP contribution in [0.25, 0.3) is 0 Å². The zero-order valence-corrected chi connectivity index (χ0v) is 12.2. The third-order valence-electron chi connectivity index (χ3n) is 3.03. The van der Waals surface area contributed by atoms with E-state index in [1.54, 1.807) is 4.68 Å². The van der Waals surface area contributed by atoms with E-state index in [0.29, 0.717) is 23.0 Å². The van der Waals surface area contributed by atoms with Crippen molar-refractivity contribution in [3.05, 3.63) is 40.4 Å². The predicted molar refractivity (Wildman–Crippen MR) is 77.4 cm³/mol. The highest BCUT2D eigenvalue weighted by Crippen LogP contribution is 2.26. The van der Waals surface area contributed by atoms with E-state index in [1.807, 2.05) is 13.8 Å². The van der Waals surface area contributed by atoms with Crippen LogP contribution in [0.5, 0.6) is 5.75 Å². The fraction of sp³-hybridized carbons (Fsp3) is 0.357. The van der Waals surface area contributed by atoms with Crippen molar-refractivity contribution in [2.24, 2.45) is 0 Å². The molecular formula is C14H17ClFN3O. The van der Waals surface area contributed by atoms with E-state index in [1.165, 1.54) is 18.2 Å². The van der Waals surface area contributed by atoms with Crippen LogP contribution in [0.3, 0.4) is 0 Å². The van der Waals surface area contributed by atoms with E-state index in [9.17, 15) is 4.39 Å². The van der Waals surface area contributed by atoms with Crippen LogP contribution in [0.4, 0.5) is 10.1 Å². The quantitative estimate of drug-likeness (QED) is 0.860. The first-order valence-corrected chi connectivity index (χ1v) is 6.86. The van der Waals surface area contributed by atoms with E-state index >= 15 is 0 Å².